The number of hydrogen-bond acceptors (Lipinski definition) is 4. The van der Waals surface area contributed by atoms with Gasteiger partial charge in [0.15, 0.2) is 6.29 Å². The normalized spacial score (nSPS) is 50.2. The largest absolute Gasteiger partial charge is 0.393 e. The number of fused-ring (bicyclic) bond motifs is 5. The molecule has 0 aromatic carbocycles. The average Bonchev–Trinajstić information content (AvgIpc) is 3.11. The Hall–Kier alpha value is -0.160. The fraction of sp³-hybridized carbons (Fsp3) is 1.00. The molecule has 4 heteroatoms. The second kappa shape index (κ2) is 9.47. The van der Waals surface area contributed by atoms with Gasteiger partial charge in [-0.2, -0.15) is 0 Å². The van der Waals surface area contributed by atoms with E-state index in [-0.39, 0.29) is 17.6 Å². The first-order chi connectivity index (χ1) is 15.2. The van der Waals surface area contributed by atoms with E-state index in [1.807, 2.05) is 6.92 Å². The molecule has 4 saturated carbocycles. The standard InChI is InChI=1S/C28H50O4/c1-6-19-23-16-18(29)12-14-28(23,5)22-13-15-27(4)20(9-10-21(27)25(22)26(19)31)17(3)8-11-24(30)32-7-2/h17-26,29-31H,6-16H2,1-5H3/t17-,18-,19-,20?,21+,22?,23+,24-,25?,26?,27-,28-/m1/s1. The van der Waals surface area contributed by atoms with Crippen molar-refractivity contribution < 1.29 is 20.1 Å². The Bertz CT molecular complexity index is 639. The van der Waals surface area contributed by atoms with Gasteiger partial charge in [-0.1, -0.05) is 34.1 Å². The van der Waals surface area contributed by atoms with Crippen LogP contribution in [0.4, 0.5) is 0 Å². The second-order valence-corrected chi connectivity index (χ2v) is 12.6. The lowest BCUT2D eigenvalue weighted by Crippen LogP contribution is -2.62. The minimum absolute atomic E-state index is 0.177. The molecule has 0 heterocycles. The smallest absolute Gasteiger partial charge is 0.154 e. The summed E-state index contributed by atoms with van der Waals surface area (Å²) >= 11 is 0. The van der Waals surface area contributed by atoms with Crippen LogP contribution in [0.3, 0.4) is 0 Å². The molecular weight excluding hydrogens is 400 g/mol. The average molecular weight is 451 g/mol. The zero-order chi connectivity index (χ0) is 23.3. The van der Waals surface area contributed by atoms with Crippen molar-refractivity contribution in [3.8, 4) is 0 Å². The summed E-state index contributed by atoms with van der Waals surface area (Å²) in [5, 5.41) is 32.3. The van der Waals surface area contributed by atoms with Gasteiger partial charge in [-0.15, -0.1) is 0 Å². The summed E-state index contributed by atoms with van der Waals surface area (Å²) in [5.74, 6) is 3.68. The summed E-state index contributed by atoms with van der Waals surface area (Å²) in [6.45, 7) is 12.2. The predicted molar refractivity (Wildman–Crippen MR) is 128 cm³/mol. The lowest BCUT2D eigenvalue weighted by Gasteiger charge is -2.64. The number of hydrogen-bond donors (Lipinski definition) is 3. The zero-order valence-electron chi connectivity index (χ0n) is 21.3. The molecule has 4 unspecified atom stereocenters. The summed E-state index contributed by atoms with van der Waals surface area (Å²) in [7, 11) is 0. The van der Waals surface area contributed by atoms with Crippen LogP contribution >= 0.6 is 0 Å². The van der Waals surface area contributed by atoms with Gasteiger partial charge in [0.1, 0.15) is 0 Å². The summed E-state index contributed by atoms with van der Waals surface area (Å²) in [6, 6.07) is 0. The molecule has 0 amide bonds. The van der Waals surface area contributed by atoms with E-state index in [0.29, 0.717) is 53.4 Å². The molecule has 12 atom stereocenters. The summed E-state index contributed by atoms with van der Waals surface area (Å²) < 4.78 is 5.37. The molecule has 0 spiro atoms. The molecule has 0 saturated heterocycles. The zero-order valence-corrected chi connectivity index (χ0v) is 21.3. The van der Waals surface area contributed by atoms with Gasteiger partial charge in [0.2, 0.25) is 0 Å². The molecule has 3 N–H and O–H groups in total. The van der Waals surface area contributed by atoms with Gasteiger partial charge in [0.25, 0.3) is 0 Å². The Morgan fingerprint density at radius 1 is 0.906 bits per heavy atom. The van der Waals surface area contributed by atoms with Crippen molar-refractivity contribution in [1.29, 1.82) is 0 Å². The SMILES string of the molecule is CCO[C@@H](O)CC[C@@H](C)C1CC[C@H]2C3C(O)[C@H](CC)[C@@H]4C[C@H](O)CC[C@]4(C)C3CC[C@]12C. The Balaban J connectivity index is 1.55. The minimum Gasteiger partial charge on any atom is -0.393 e. The summed E-state index contributed by atoms with van der Waals surface area (Å²) in [4.78, 5) is 0. The summed E-state index contributed by atoms with van der Waals surface area (Å²) in [6.07, 6.45) is 9.71. The number of aliphatic hydroxyl groups is 3. The highest BCUT2D eigenvalue weighted by molar-refractivity contribution is 5.13. The molecule has 4 aliphatic carbocycles. The molecule has 0 aromatic rings. The van der Waals surface area contributed by atoms with E-state index >= 15 is 0 Å². The molecule has 4 rings (SSSR count). The highest BCUT2D eigenvalue weighted by atomic mass is 16.6. The Labute approximate surface area is 196 Å². The fourth-order valence-corrected chi connectivity index (χ4v) is 9.81. The minimum atomic E-state index is -0.632. The highest BCUT2D eigenvalue weighted by Gasteiger charge is 2.64. The van der Waals surface area contributed by atoms with Crippen LogP contribution in [0, 0.1) is 52.3 Å². The Morgan fingerprint density at radius 2 is 1.59 bits per heavy atom. The van der Waals surface area contributed by atoms with Gasteiger partial charge in [-0.3, -0.25) is 0 Å². The van der Waals surface area contributed by atoms with Crippen LogP contribution in [0.5, 0.6) is 0 Å². The molecule has 4 fully saturated rings. The first-order valence-corrected chi connectivity index (χ1v) is 13.8. The van der Waals surface area contributed by atoms with Crippen molar-refractivity contribution in [3.05, 3.63) is 0 Å². The first kappa shape index (κ1) is 24.9. The molecule has 0 aliphatic heterocycles. The van der Waals surface area contributed by atoms with Crippen LogP contribution in [0.25, 0.3) is 0 Å². The molecule has 0 radical (unpaired) electrons. The molecule has 0 bridgehead atoms. The molecule has 4 aliphatic rings. The van der Waals surface area contributed by atoms with E-state index in [4.69, 9.17) is 4.74 Å². The van der Waals surface area contributed by atoms with Crippen LogP contribution < -0.4 is 0 Å². The van der Waals surface area contributed by atoms with Crippen LogP contribution in [0.2, 0.25) is 0 Å². The predicted octanol–water partition coefficient (Wildman–Crippen LogP) is 5.38. The monoisotopic (exact) mass is 450 g/mol. The third kappa shape index (κ3) is 3.99. The van der Waals surface area contributed by atoms with Crippen LogP contribution in [-0.2, 0) is 4.74 Å². The lowest BCUT2D eigenvalue weighted by molar-refractivity contribution is -0.203. The van der Waals surface area contributed by atoms with Gasteiger partial charge in [-0.05, 0) is 117 Å². The van der Waals surface area contributed by atoms with Crippen LogP contribution in [0.15, 0.2) is 0 Å². The van der Waals surface area contributed by atoms with Crippen molar-refractivity contribution in [1.82, 2.24) is 0 Å². The van der Waals surface area contributed by atoms with E-state index in [1.54, 1.807) is 0 Å². The maximum absolute atomic E-state index is 11.8. The Kier molecular flexibility index (Phi) is 7.39. The number of rotatable bonds is 7. The van der Waals surface area contributed by atoms with E-state index in [2.05, 4.69) is 27.7 Å². The summed E-state index contributed by atoms with van der Waals surface area (Å²) in [5.41, 5.74) is 0.574. The van der Waals surface area contributed by atoms with E-state index in [9.17, 15) is 15.3 Å². The second-order valence-electron chi connectivity index (χ2n) is 12.6. The maximum Gasteiger partial charge on any atom is 0.154 e. The molecular formula is C28H50O4. The van der Waals surface area contributed by atoms with Gasteiger partial charge < -0.3 is 20.1 Å². The number of ether oxygens (including phenoxy) is 1. The van der Waals surface area contributed by atoms with Gasteiger partial charge in [0.05, 0.1) is 12.2 Å². The van der Waals surface area contributed by atoms with Crippen molar-refractivity contribution >= 4 is 0 Å². The highest BCUT2D eigenvalue weighted by Crippen LogP contribution is 2.69. The number of aliphatic hydroxyl groups excluding tert-OH is 3. The topological polar surface area (TPSA) is 69.9 Å². The molecule has 32 heavy (non-hydrogen) atoms. The first-order valence-electron chi connectivity index (χ1n) is 13.8. The molecule has 4 nitrogen and oxygen atoms in total. The van der Waals surface area contributed by atoms with Crippen molar-refractivity contribution in [3.63, 3.8) is 0 Å². The lowest BCUT2D eigenvalue weighted by atomic mass is 9.41. The third-order valence-electron chi connectivity index (χ3n) is 11.4. The van der Waals surface area contributed by atoms with Crippen molar-refractivity contribution in [2.45, 2.75) is 117 Å². The van der Waals surface area contributed by atoms with Crippen LogP contribution in [0.1, 0.15) is 98.8 Å². The molecule has 186 valence electrons. The fourth-order valence-electron chi connectivity index (χ4n) is 9.81. The molecule has 0 aromatic heterocycles. The van der Waals surface area contributed by atoms with Crippen molar-refractivity contribution in [2.24, 2.45) is 52.3 Å². The van der Waals surface area contributed by atoms with E-state index < -0.39 is 6.29 Å². The van der Waals surface area contributed by atoms with Gasteiger partial charge in [-0.25, -0.2) is 0 Å². The maximum atomic E-state index is 11.8. The third-order valence-corrected chi connectivity index (χ3v) is 11.4. The van der Waals surface area contributed by atoms with Crippen molar-refractivity contribution in [2.75, 3.05) is 6.61 Å². The van der Waals surface area contributed by atoms with Gasteiger partial charge >= 0.3 is 0 Å². The van der Waals surface area contributed by atoms with E-state index in [1.165, 1.54) is 25.7 Å². The van der Waals surface area contributed by atoms with Gasteiger partial charge in [0, 0.05) is 6.61 Å². The van der Waals surface area contributed by atoms with E-state index in [0.717, 1.165) is 38.5 Å². The Morgan fingerprint density at radius 3 is 2.28 bits per heavy atom. The van der Waals surface area contributed by atoms with Crippen LogP contribution in [-0.4, -0.2) is 40.4 Å². The quantitative estimate of drug-likeness (QED) is 0.455.